The van der Waals surface area contributed by atoms with Crippen molar-refractivity contribution >= 4 is 15.9 Å². The number of nitrogens with one attached hydrogen (secondary N) is 1. The molecule has 0 atom stereocenters. The predicted octanol–water partition coefficient (Wildman–Crippen LogP) is 4.25. The molecule has 1 N–H and O–H groups in total. The summed E-state index contributed by atoms with van der Waals surface area (Å²) in [5.74, 6) is -0.137. The second kappa shape index (κ2) is 5.96. The fourth-order valence-electron chi connectivity index (χ4n) is 1.83. The van der Waals surface area contributed by atoms with Crippen LogP contribution in [-0.2, 0) is 5.41 Å². The van der Waals surface area contributed by atoms with Gasteiger partial charge in [-0.15, -0.1) is 0 Å². The summed E-state index contributed by atoms with van der Waals surface area (Å²) in [6, 6.07) is 5.97. The van der Waals surface area contributed by atoms with E-state index in [1.807, 2.05) is 12.1 Å². The van der Waals surface area contributed by atoms with Crippen LogP contribution in [0.5, 0.6) is 0 Å². The van der Waals surface area contributed by atoms with Crippen LogP contribution in [0.2, 0.25) is 0 Å². The van der Waals surface area contributed by atoms with Gasteiger partial charge in [0, 0.05) is 6.04 Å². The van der Waals surface area contributed by atoms with Crippen LogP contribution in [0.25, 0.3) is 0 Å². The molecule has 0 spiro atoms. The number of hydrogen-bond acceptors (Lipinski definition) is 1. The molecule has 1 aromatic rings. The van der Waals surface area contributed by atoms with Gasteiger partial charge in [-0.25, -0.2) is 4.39 Å². The molecule has 0 aliphatic rings. The van der Waals surface area contributed by atoms with Crippen molar-refractivity contribution in [1.82, 2.24) is 5.32 Å². The van der Waals surface area contributed by atoms with Crippen molar-refractivity contribution in [3.8, 4) is 0 Å². The maximum atomic E-state index is 14.0. The Morgan fingerprint density at radius 2 is 2.00 bits per heavy atom. The summed E-state index contributed by atoms with van der Waals surface area (Å²) in [7, 11) is 0. The van der Waals surface area contributed by atoms with Gasteiger partial charge < -0.3 is 5.32 Å². The Balaban J connectivity index is 2.78. The summed E-state index contributed by atoms with van der Waals surface area (Å²) in [6.45, 7) is 9.30. The zero-order chi connectivity index (χ0) is 13.1. The van der Waals surface area contributed by atoms with Gasteiger partial charge in [-0.2, -0.15) is 0 Å². The van der Waals surface area contributed by atoms with Crippen LogP contribution in [0.3, 0.4) is 0 Å². The van der Waals surface area contributed by atoms with E-state index in [-0.39, 0.29) is 11.2 Å². The highest BCUT2D eigenvalue weighted by Gasteiger charge is 2.24. The Morgan fingerprint density at radius 1 is 1.35 bits per heavy atom. The third-order valence-corrected chi connectivity index (χ3v) is 3.60. The van der Waals surface area contributed by atoms with Gasteiger partial charge >= 0.3 is 0 Å². The summed E-state index contributed by atoms with van der Waals surface area (Å²) < 4.78 is 14.6. The van der Waals surface area contributed by atoms with E-state index >= 15 is 0 Å². The quantitative estimate of drug-likeness (QED) is 0.857. The standard InChI is InChI=1S/C14H21BrFN/c1-10(2)17-9-8-14(3,4)11-6-5-7-12(15)13(11)16/h5-7,10,17H,8-9H2,1-4H3. The van der Waals surface area contributed by atoms with E-state index in [2.05, 4.69) is 48.9 Å². The van der Waals surface area contributed by atoms with Gasteiger partial charge in [0.2, 0.25) is 0 Å². The van der Waals surface area contributed by atoms with Crippen molar-refractivity contribution in [2.24, 2.45) is 0 Å². The van der Waals surface area contributed by atoms with E-state index in [4.69, 9.17) is 0 Å². The molecule has 0 fully saturated rings. The lowest BCUT2D eigenvalue weighted by Gasteiger charge is -2.26. The molecular formula is C14H21BrFN. The average molecular weight is 302 g/mol. The minimum atomic E-state index is -0.157. The van der Waals surface area contributed by atoms with Gasteiger partial charge in [0.1, 0.15) is 5.82 Å². The molecule has 17 heavy (non-hydrogen) atoms. The smallest absolute Gasteiger partial charge is 0.141 e. The Morgan fingerprint density at radius 3 is 2.59 bits per heavy atom. The molecule has 0 aromatic heterocycles. The molecule has 3 heteroatoms. The SMILES string of the molecule is CC(C)NCCC(C)(C)c1cccc(Br)c1F. The maximum absolute atomic E-state index is 14.0. The average Bonchev–Trinajstić information content (AvgIpc) is 2.21. The lowest BCUT2D eigenvalue weighted by Crippen LogP contribution is -2.30. The van der Waals surface area contributed by atoms with Gasteiger partial charge in [0.05, 0.1) is 4.47 Å². The van der Waals surface area contributed by atoms with Crippen molar-refractivity contribution in [1.29, 1.82) is 0 Å². The highest BCUT2D eigenvalue weighted by molar-refractivity contribution is 9.10. The molecule has 0 heterocycles. The van der Waals surface area contributed by atoms with E-state index in [9.17, 15) is 4.39 Å². The summed E-state index contributed by atoms with van der Waals surface area (Å²) in [6.07, 6.45) is 0.915. The summed E-state index contributed by atoms with van der Waals surface area (Å²) in [5.41, 5.74) is 0.618. The lowest BCUT2D eigenvalue weighted by atomic mass is 9.81. The third kappa shape index (κ3) is 4.07. The second-order valence-corrected chi connectivity index (χ2v) is 6.20. The first-order valence-corrected chi connectivity index (χ1v) is 6.82. The van der Waals surface area contributed by atoms with Crippen LogP contribution in [0, 0.1) is 5.82 Å². The Bertz CT molecular complexity index is 374. The van der Waals surface area contributed by atoms with Crippen LogP contribution in [-0.4, -0.2) is 12.6 Å². The maximum Gasteiger partial charge on any atom is 0.141 e. The summed E-state index contributed by atoms with van der Waals surface area (Å²) >= 11 is 3.24. The molecule has 1 nitrogen and oxygen atoms in total. The van der Waals surface area contributed by atoms with Crippen LogP contribution >= 0.6 is 15.9 Å². The Kier molecular flexibility index (Phi) is 5.14. The van der Waals surface area contributed by atoms with Gasteiger partial charge in [-0.1, -0.05) is 39.8 Å². The second-order valence-electron chi connectivity index (χ2n) is 5.34. The van der Waals surface area contributed by atoms with E-state index in [1.165, 1.54) is 0 Å². The molecule has 0 aliphatic heterocycles. The molecule has 0 unspecified atom stereocenters. The zero-order valence-corrected chi connectivity index (χ0v) is 12.6. The van der Waals surface area contributed by atoms with E-state index in [1.54, 1.807) is 6.07 Å². The van der Waals surface area contributed by atoms with Crippen LogP contribution < -0.4 is 5.32 Å². The van der Waals surface area contributed by atoms with Gasteiger partial charge in [0.25, 0.3) is 0 Å². The summed E-state index contributed by atoms with van der Waals surface area (Å²) in [4.78, 5) is 0. The molecule has 0 saturated heterocycles. The largest absolute Gasteiger partial charge is 0.315 e. The third-order valence-electron chi connectivity index (χ3n) is 2.98. The predicted molar refractivity (Wildman–Crippen MR) is 74.9 cm³/mol. The van der Waals surface area contributed by atoms with Gasteiger partial charge in [-0.3, -0.25) is 0 Å². The topological polar surface area (TPSA) is 12.0 Å². The fourth-order valence-corrected chi connectivity index (χ4v) is 2.20. The molecule has 0 aliphatic carbocycles. The normalized spacial score (nSPS) is 12.2. The molecule has 0 radical (unpaired) electrons. The van der Waals surface area contributed by atoms with Crippen molar-refractivity contribution < 1.29 is 4.39 Å². The lowest BCUT2D eigenvalue weighted by molar-refractivity contribution is 0.422. The molecule has 96 valence electrons. The van der Waals surface area contributed by atoms with Crippen LogP contribution in [0.1, 0.15) is 39.7 Å². The van der Waals surface area contributed by atoms with E-state index in [0.717, 1.165) is 18.5 Å². The molecular weight excluding hydrogens is 281 g/mol. The van der Waals surface area contributed by atoms with Crippen LogP contribution in [0.4, 0.5) is 4.39 Å². The van der Waals surface area contributed by atoms with Crippen molar-refractivity contribution in [2.45, 2.75) is 45.6 Å². The minimum Gasteiger partial charge on any atom is -0.315 e. The molecule has 0 bridgehead atoms. The van der Waals surface area contributed by atoms with Crippen molar-refractivity contribution in [3.05, 3.63) is 34.1 Å². The fraction of sp³-hybridized carbons (Fsp3) is 0.571. The van der Waals surface area contributed by atoms with Crippen LogP contribution in [0.15, 0.2) is 22.7 Å². The molecule has 1 aromatic carbocycles. The van der Waals surface area contributed by atoms with Gasteiger partial charge in [-0.05, 0) is 45.9 Å². The Hall–Kier alpha value is -0.410. The molecule has 1 rings (SSSR count). The molecule has 0 amide bonds. The first kappa shape index (κ1) is 14.7. The van der Waals surface area contributed by atoms with E-state index < -0.39 is 0 Å². The monoisotopic (exact) mass is 301 g/mol. The number of hydrogen-bond donors (Lipinski definition) is 1. The first-order chi connectivity index (χ1) is 7.84. The Labute approximate surface area is 112 Å². The number of rotatable bonds is 5. The summed E-state index contributed by atoms with van der Waals surface area (Å²) in [5, 5.41) is 3.37. The number of halogens is 2. The van der Waals surface area contributed by atoms with E-state index in [0.29, 0.717) is 10.5 Å². The highest BCUT2D eigenvalue weighted by Crippen LogP contribution is 2.31. The van der Waals surface area contributed by atoms with Crippen molar-refractivity contribution in [3.63, 3.8) is 0 Å². The number of benzene rings is 1. The molecule has 0 saturated carbocycles. The van der Waals surface area contributed by atoms with Gasteiger partial charge in [0.15, 0.2) is 0 Å². The first-order valence-electron chi connectivity index (χ1n) is 6.02. The minimum absolute atomic E-state index is 0.137. The highest BCUT2D eigenvalue weighted by atomic mass is 79.9. The zero-order valence-electron chi connectivity index (χ0n) is 11.0. The van der Waals surface area contributed by atoms with Crippen molar-refractivity contribution in [2.75, 3.05) is 6.54 Å².